The van der Waals surface area contributed by atoms with Gasteiger partial charge in [-0.15, -0.1) is 0 Å². The van der Waals surface area contributed by atoms with E-state index in [1.54, 1.807) is 0 Å². The molecule has 0 bridgehead atoms. The first kappa shape index (κ1) is 11.4. The molecule has 2 fully saturated rings. The third-order valence-electron chi connectivity index (χ3n) is 3.76. The molecule has 2 rings (SSSR count). The summed E-state index contributed by atoms with van der Waals surface area (Å²) < 4.78 is 5.44. The number of nitrogens with one attached hydrogen (secondary N) is 1. The van der Waals surface area contributed by atoms with E-state index < -0.39 is 0 Å². The number of nitrogens with zero attached hydrogens (tertiary/aromatic N) is 1. The highest BCUT2D eigenvalue weighted by Gasteiger charge is 2.30. The summed E-state index contributed by atoms with van der Waals surface area (Å²) in [5, 5.41) is 3.50. The van der Waals surface area contributed by atoms with E-state index in [2.05, 4.69) is 24.1 Å². The first-order valence-corrected chi connectivity index (χ1v) is 6.21. The minimum Gasteiger partial charge on any atom is -0.381 e. The Morgan fingerprint density at radius 3 is 2.80 bits per heavy atom. The van der Waals surface area contributed by atoms with Crippen molar-refractivity contribution in [1.29, 1.82) is 0 Å². The molecule has 0 aromatic heterocycles. The van der Waals surface area contributed by atoms with Gasteiger partial charge in [-0.2, -0.15) is 0 Å². The summed E-state index contributed by atoms with van der Waals surface area (Å²) in [6.07, 6.45) is 2.45. The second-order valence-corrected chi connectivity index (χ2v) is 5.51. The highest BCUT2D eigenvalue weighted by Crippen LogP contribution is 2.30. The summed E-state index contributed by atoms with van der Waals surface area (Å²) in [7, 11) is 0. The largest absolute Gasteiger partial charge is 0.381 e. The molecule has 0 unspecified atom stereocenters. The lowest BCUT2D eigenvalue weighted by Crippen LogP contribution is -2.52. The molecule has 0 aliphatic carbocycles. The Bertz CT molecular complexity index is 202. The molecular formula is C12H24N2O. The molecule has 2 aliphatic heterocycles. The minimum absolute atomic E-state index is 0.495. The molecule has 0 amide bonds. The first-order chi connectivity index (χ1) is 7.18. The van der Waals surface area contributed by atoms with Crippen LogP contribution in [0.25, 0.3) is 0 Å². The average Bonchev–Trinajstić information content (AvgIpc) is 2.18. The Kier molecular flexibility index (Phi) is 3.65. The standard InChI is InChI=1S/C12H24N2O/c1-11-9-14(6-5-13-11)10-12(2)3-7-15-8-4-12/h11,13H,3-10H2,1-2H3/t11-/m1/s1. The second kappa shape index (κ2) is 4.81. The van der Waals surface area contributed by atoms with Gasteiger partial charge in [0.1, 0.15) is 0 Å². The monoisotopic (exact) mass is 212 g/mol. The fourth-order valence-electron chi connectivity index (χ4n) is 2.72. The Balaban J connectivity index is 1.83. The summed E-state index contributed by atoms with van der Waals surface area (Å²) in [6, 6.07) is 0.655. The van der Waals surface area contributed by atoms with E-state index in [4.69, 9.17) is 4.74 Å². The van der Waals surface area contributed by atoms with Crippen LogP contribution >= 0.6 is 0 Å². The van der Waals surface area contributed by atoms with Gasteiger partial charge < -0.3 is 10.1 Å². The van der Waals surface area contributed by atoms with Crippen molar-refractivity contribution in [2.45, 2.75) is 32.7 Å². The van der Waals surface area contributed by atoms with Gasteiger partial charge in [-0.25, -0.2) is 0 Å². The first-order valence-electron chi connectivity index (χ1n) is 6.21. The molecule has 15 heavy (non-hydrogen) atoms. The average molecular weight is 212 g/mol. The van der Waals surface area contributed by atoms with Crippen LogP contribution in [0.4, 0.5) is 0 Å². The Morgan fingerprint density at radius 1 is 1.40 bits per heavy atom. The van der Waals surface area contributed by atoms with Crippen molar-refractivity contribution in [2.24, 2.45) is 5.41 Å². The van der Waals surface area contributed by atoms with Crippen molar-refractivity contribution in [3.05, 3.63) is 0 Å². The predicted octanol–water partition coefficient (Wildman–Crippen LogP) is 1.10. The van der Waals surface area contributed by atoms with Crippen molar-refractivity contribution in [3.8, 4) is 0 Å². The highest BCUT2D eigenvalue weighted by molar-refractivity contribution is 4.84. The second-order valence-electron chi connectivity index (χ2n) is 5.51. The van der Waals surface area contributed by atoms with Gasteiger partial charge in [-0.1, -0.05) is 6.92 Å². The number of hydrogen-bond donors (Lipinski definition) is 1. The van der Waals surface area contributed by atoms with Crippen LogP contribution in [0.15, 0.2) is 0 Å². The third kappa shape index (κ3) is 3.16. The molecule has 88 valence electrons. The van der Waals surface area contributed by atoms with Crippen molar-refractivity contribution >= 4 is 0 Å². The lowest BCUT2D eigenvalue weighted by Gasteiger charge is -2.41. The molecule has 0 radical (unpaired) electrons. The van der Waals surface area contributed by atoms with Gasteiger partial charge in [0.2, 0.25) is 0 Å². The number of ether oxygens (including phenoxy) is 1. The molecule has 0 spiro atoms. The molecular weight excluding hydrogens is 188 g/mol. The maximum atomic E-state index is 5.44. The molecule has 0 aromatic carbocycles. The predicted molar refractivity (Wildman–Crippen MR) is 62.1 cm³/mol. The van der Waals surface area contributed by atoms with Gasteiger partial charge in [-0.3, -0.25) is 4.90 Å². The number of hydrogen-bond acceptors (Lipinski definition) is 3. The van der Waals surface area contributed by atoms with Crippen LogP contribution in [0.5, 0.6) is 0 Å². The summed E-state index contributed by atoms with van der Waals surface area (Å²) in [6.45, 7) is 11.4. The normalized spacial score (nSPS) is 32.8. The van der Waals surface area contributed by atoms with Crippen LogP contribution < -0.4 is 5.32 Å². The maximum absolute atomic E-state index is 5.44. The Hall–Kier alpha value is -0.120. The van der Waals surface area contributed by atoms with Gasteiger partial charge in [-0.05, 0) is 25.2 Å². The quantitative estimate of drug-likeness (QED) is 0.742. The van der Waals surface area contributed by atoms with E-state index in [0.717, 1.165) is 19.8 Å². The highest BCUT2D eigenvalue weighted by atomic mass is 16.5. The van der Waals surface area contributed by atoms with Gasteiger partial charge in [0, 0.05) is 45.4 Å². The van der Waals surface area contributed by atoms with Crippen molar-refractivity contribution in [2.75, 3.05) is 39.4 Å². The smallest absolute Gasteiger partial charge is 0.0471 e. The van der Waals surface area contributed by atoms with Gasteiger partial charge in [0.05, 0.1) is 0 Å². The van der Waals surface area contributed by atoms with E-state index in [0.29, 0.717) is 11.5 Å². The lowest BCUT2D eigenvalue weighted by molar-refractivity contribution is 0.00117. The van der Waals surface area contributed by atoms with E-state index in [1.807, 2.05) is 0 Å². The fraction of sp³-hybridized carbons (Fsp3) is 1.00. The molecule has 0 saturated carbocycles. The third-order valence-corrected chi connectivity index (χ3v) is 3.76. The van der Waals surface area contributed by atoms with E-state index in [-0.39, 0.29) is 0 Å². The summed E-state index contributed by atoms with van der Waals surface area (Å²) >= 11 is 0. The molecule has 1 N–H and O–H groups in total. The zero-order valence-corrected chi connectivity index (χ0v) is 10.1. The van der Waals surface area contributed by atoms with Crippen LogP contribution in [0.1, 0.15) is 26.7 Å². The molecule has 2 aliphatic rings. The van der Waals surface area contributed by atoms with E-state index >= 15 is 0 Å². The molecule has 3 heteroatoms. The van der Waals surface area contributed by atoms with Crippen molar-refractivity contribution in [3.63, 3.8) is 0 Å². The molecule has 0 aromatic rings. The zero-order chi connectivity index (χ0) is 10.7. The van der Waals surface area contributed by atoms with E-state index in [9.17, 15) is 0 Å². The molecule has 3 nitrogen and oxygen atoms in total. The van der Waals surface area contributed by atoms with Gasteiger partial charge in [0.15, 0.2) is 0 Å². The number of rotatable bonds is 2. The summed E-state index contributed by atoms with van der Waals surface area (Å²) in [5.41, 5.74) is 0.495. The van der Waals surface area contributed by atoms with Gasteiger partial charge >= 0.3 is 0 Å². The number of piperazine rings is 1. The van der Waals surface area contributed by atoms with Crippen LogP contribution in [0.2, 0.25) is 0 Å². The topological polar surface area (TPSA) is 24.5 Å². The minimum atomic E-state index is 0.495. The zero-order valence-electron chi connectivity index (χ0n) is 10.1. The Morgan fingerprint density at radius 2 is 2.13 bits per heavy atom. The summed E-state index contributed by atoms with van der Waals surface area (Å²) in [4.78, 5) is 2.62. The van der Waals surface area contributed by atoms with Gasteiger partial charge in [0.25, 0.3) is 0 Å². The SMILES string of the molecule is C[C@@H]1CN(CC2(C)CCOCC2)CCN1. The molecule has 1 atom stereocenters. The van der Waals surface area contributed by atoms with Crippen LogP contribution in [-0.4, -0.2) is 50.3 Å². The van der Waals surface area contributed by atoms with Crippen LogP contribution in [0.3, 0.4) is 0 Å². The van der Waals surface area contributed by atoms with E-state index in [1.165, 1.54) is 32.5 Å². The fourth-order valence-corrected chi connectivity index (χ4v) is 2.72. The molecule has 2 heterocycles. The van der Waals surface area contributed by atoms with Crippen LogP contribution in [0, 0.1) is 5.41 Å². The lowest BCUT2D eigenvalue weighted by atomic mass is 9.81. The summed E-state index contributed by atoms with van der Waals surface area (Å²) in [5.74, 6) is 0. The maximum Gasteiger partial charge on any atom is 0.0471 e. The van der Waals surface area contributed by atoms with Crippen LogP contribution in [-0.2, 0) is 4.74 Å². The molecule has 2 saturated heterocycles. The van der Waals surface area contributed by atoms with Crippen molar-refractivity contribution in [1.82, 2.24) is 10.2 Å². The Labute approximate surface area is 93.2 Å². The van der Waals surface area contributed by atoms with Crippen molar-refractivity contribution < 1.29 is 4.74 Å².